The Morgan fingerprint density at radius 3 is 2.68 bits per heavy atom. The number of carboxylic acids is 1. The van der Waals surface area contributed by atoms with Crippen LogP contribution in [0.2, 0.25) is 0 Å². The quantitative estimate of drug-likeness (QED) is 0.711. The molecule has 0 saturated heterocycles. The third kappa shape index (κ3) is 4.92. The van der Waals surface area contributed by atoms with Crippen molar-refractivity contribution < 1.29 is 27.9 Å². The standard InChI is InChI=1S/C10H12N2O6S/c1-2-18-9(13)6-19(16,17)12-8-5-3-4-7(11-8)10(14)15/h3-5H,2,6H2,1H3,(H,11,12)(H,14,15). The van der Waals surface area contributed by atoms with E-state index in [1.165, 1.54) is 18.2 Å². The fraction of sp³-hybridized carbons (Fsp3) is 0.300. The van der Waals surface area contributed by atoms with Crippen LogP contribution in [0.25, 0.3) is 0 Å². The molecule has 0 aliphatic carbocycles. The summed E-state index contributed by atoms with van der Waals surface area (Å²) in [5, 5.41) is 8.71. The van der Waals surface area contributed by atoms with Gasteiger partial charge in [0.15, 0.2) is 11.4 Å². The minimum Gasteiger partial charge on any atom is -0.477 e. The Morgan fingerprint density at radius 1 is 1.42 bits per heavy atom. The van der Waals surface area contributed by atoms with Crippen molar-refractivity contribution >= 4 is 27.8 Å². The van der Waals surface area contributed by atoms with Crippen LogP contribution < -0.4 is 4.72 Å². The molecule has 0 aliphatic heterocycles. The van der Waals surface area contributed by atoms with E-state index in [9.17, 15) is 18.0 Å². The summed E-state index contributed by atoms with van der Waals surface area (Å²) in [5.74, 6) is -3.22. The summed E-state index contributed by atoms with van der Waals surface area (Å²) < 4.78 is 29.6. The smallest absolute Gasteiger partial charge is 0.354 e. The number of ether oxygens (including phenoxy) is 1. The van der Waals surface area contributed by atoms with Gasteiger partial charge in [-0.05, 0) is 19.1 Å². The van der Waals surface area contributed by atoms with Gasteiger partial charge in [0, 0.05) is 0 Å². The minimum absolute atomic E-state index is 0.0705. The lowest BCUT2D eigenvalue weighted by Crippen LogP contribution is -2.25. The molecular weight excluding hydrogens is 276 g/mol. The van der Waals surface area contributed by atoms with Crippen LogP contribution in [0.1, 0.15) is 17.4 Å². The van der Waals surface area contributed by atoms with E-state index < -0.39 is 27.7 Å². The van der Waals surface area contributed by atoms with E-state index in [-0.39, 0.29) is 18.1 Å². The molecule has 0 fully saturated rings. The molecule has 1 heterocycles. The molecule has 0 atom stereocenters. The second-order valence-electron chi connectivity index (χ2n) is 3.38. The number of aromatic nitrogens is 1. The summed E-state index contributed by atoms with van der Waals surface area (Å²) >= 11 is 0. The molecule has 9 heteroatoms. The number of rotatable bonds is 6. The molecule has 8 nitrogen and oxygen atoms in total. The van der Waals surface area contributed by atoms with Gasteiger partial charge >= 0.3 is 11.9 Å². The van der Waals surface area contributed by atoms with Crippen molar-refractivity contribution in [3.05, 3.63) is 23.9 Å². The van der Waals surface area contributed by atoms with Crippen LogP contribution in [0.4, 0.5) is 5.82 Å². The number of carboxylic acid groups (broad SMARTS) is 1. The van der Waals surface area contributed by atoms with E-state index in [1.54, 1.807) is 6.92 Å². The van der Waals surface area contributed by atoms with Gasteiger partial charge in [-0.25, -0.2) is 18.2 Å². The Labute approximate surface area is 109 Å². The molecule has 19 heavy (non-hydrogen) atoms. The van der Waals surface area contributed by atoms with Crippen molar-refractivity contribution in [1.29, 1.82) is 0 Å². The predicted molar refractivity (Wildman–Crippen MR) is 65.2 cm³/mol. The van der Waals surface area contributed by atoms with Gasteiger partial charge in [-0.2, -0.15) is 0 Å². The Kier molecular flexibility index (Phi) is 4.81. The zero-order valence-electron chi connectivity index (χ0n) is 9.99. The van der Waals surface area contributed by atoms with Gasteiger partial charge in [0.2, 0.25) is 10.0 Å². The van der Waals surface area contributed by atoms with Crippen LogP contribution in [0.15, 0.2) is 18.2 Å². The topological polar surface area (TPSA) is 123 Å². The van der Waals surface area contributed by atoms with E-state index in [1.807, 2.05) is 4.72 Å². The number of carbonyl (C=O) groups is 2. The number of esters is 1. The summed E-state index contributed by atoms with van der Waals surface area (Å²) in [7, 11) is -3.98. The highest BCUT2D eigenvalue weighted by atomic mass is 32.2. The zero-order chi connectivity index (χ0) is 14.5. The fourth-order valence-corrected chi connectivity index (χ4v) is 2.06. The van der Waals surface area contributed by atoms with Crippen molar-refractivity contribution in [2.24, 2.45) is 0 Å². The molecule has 0 unspecified atom stereocenters. The number of hydrogen-bond acceptors (Lipinski definition) is 6. The molecule has 0 bridgehead atoms. The average Bonchev–Trinajstić information content (AvgIpc) is 2.27. The second-order valence-corrected chi connectivity index (χ2v) is 5.10. The van der Waals surface area contributed by atoms with Gasteiger partial charge in [-0.1, -0.05) is 6.07 Å². The highest BCUT2D eigenvalue weighted by Crippen LogP contribution is 2.07. The number of hydrogen-bond donors (Lipinski definition) is 2. The van der Waals surface area contributed by atoms with E-state index in [2.05, 4.69) is 9.72 Å². The summed E-state index contributed by atoms with van der Waals surface area (Å²) in [6, 6.07) is 3.82. The maximum absolute atomic E-state index is 11.6. The third-order valence-corrected chi connectivity index (χ3v) is 2.98. The largest absolute Gasteiger partial charge is 0.477 e. The molecule has 0 saturated carbocycles. The monoisotopic (exact) mass is 288 g/mol. The van der Waals surface area contributed by atoms with Gasteiger partial charge in [0.25, 0.3) is 0 Å². The lowest BCUT2D eigenvalue weighted by molar-refractivity contribution is -0.139. The highest BCUT2D eigenvalue weighted by Gasteiger charge is 2.18. The van der Waals surface area contributed by atoms with Crippen LogP contribution >= 0.6 is 0 Å². The normalized spacial score (nSPS) is 10.8. The van der Waals surface area contributed by atoms with E-state index in [4.69, 9.17) is 5.11 Å². The molecule has 1 rings (SSSR count). The van der Waals surface area contributed by atoms with Crippen molar-refractivity contribution in [3.8, 4) is 0 Å². The molecule has 0 aromatic carbocycles. The van der Waals surface area contributed by atoms with Crippen molar-refractivity contribution in [1.82, 2.24) is 4.98 Å². The van der Waals surface area contributed by atoms with Gasteiger partial charge in [0.05, 0.1) is 6.61 Å². The number of carbonyl (C=O) groups excluding carboxylic acids is 1. The minimum atomic E-state index is -3.98. The van der Waals surface area contributed by atoms with Crippen molar-refractivity contribution in [2.75, 3.05) is 17.1 Å². The number of sulfonamides is 1. The molecule has 0 amide bonds. The van der Waals surface area contributed by atoms with Crippen LogP contribution in [0.5, 0.6) is 0 Å². The first-order valence-electron chi connectivity index (χ1n) is 5.20. The summed E-state index contributed by atoms with van der Waals surface area (Å²) in [4.78, 5) is 25.3. The van der Waals surface area contributed by atoms with Crippen LogP contribution in [0.3, 0.4) is 0 Å². The number of nitrogens with zero attached hydrogens (tertiary/aromatic N) is 1. The second kappa shape index (κ2) is 6.14. The molecular formula is C10H12N2O6S. The molecule has 104 valence electrons. The van der Waals surface area contributed by atoms with E-state index in [0.29, 0.717) is 0 Å². The molecule has 0 radical (unpaired) electrons. The predicted octanol–water partition coefficient (Wildman–Crippen LogP) is 0.0846. The maximum atomic E-state index is 11.6. The van der Waals surface area contributed by atoms with Gasteiger partial charge < -0.3 is 9.84 Å². The summed E-state index contributed by atoms with van der Waals surface area (Å²) in [6.45, 7) is 1.62. The lowest BCUT2D eigenvalue weighted by Gasteiger charge is -2.07. The number of pyridine rings is 1. The summed E-state index contributed by atoms with van der Waals surface area (Å²) in [6.07, 6.45) is 0. The van der Waals surface area contributed by atoms with E-state index >= 15 is 0 Å². The third-order valence-electron chi connectivity index (χ3n) is 1.84. The highest BCUT2D eigenvalue weighted by molar-refractivity contribution is 7.93. The Hall–Kier alpha value is -2.16. The fourth-order valence-electron chi connectivity index (χ4n) is 1.16. The number of anilines is 1. The number of nitrogens with one attached hydrogen (secondary N) is 1. The summed E-state index contributed by atoms with van der Waals surface area (Å²) in [5.41, 5.74) is -0.309. The lowest BCUT2D eigenvalue weighted by atomic mass is 10.3. The Bertz CT molecular complexity index is 583. The first-order valence-corrected chi connectivity index (χ1v) is 6.85. The SMILES string of the molecule is CCOC(=O)CS(=O)(=O)Nc1cccc(C(=O)O)n1. The van der Waals surface area contributed by atoms with Crippen LogP contribution in [-0.2, 0) is 19.6 Å². The Balaban J connectivity index is 2.81. The maximum Gasteiger partial charge on any atom is 0.354 e. The zero-order valence-corrected chi connectivity index (χ0v) is 10.8. The van der Waals surface area contributed by atoms with Crippen LogP contribution in [-0.4, -0.2) is 42.8 Å². The van der Waals surface area contributed by atoms with E-state index in [0.717, 1.165) is 0 Å². The van der Waals surface area contributed by atoms with Crippen molar-refractivity contribution in [3.63, 3.8) is 0 Å². The molecule has 0 aliphatic rings. The van der Waals surface area contributed by atoms with Crippen LogP contribution in [0, 0.1) is 0 Å². The average molecular weight is 288 g/mol. The molecule has 1 aromatic heterocycles. The van der Waals surface area contributed by atoms with Gasteiger partial charge in [-0.15, -0.1) is 0 Å². The van der Waals surface area contributed by atoms with Gasteiger partial charge in [-0.3, -0.25) is 9.52 Å². The first-order chi connectivity index (χ1) is 8.84. The van der Waals surface area contributed by atoms with Gasteiger partial charge in [0.1, 0.15) is 5.82 Å². The Morgan fingerprint density at radius 2 is 2.11 bits per heavy atom. The molecule has 2 N–H and O–H groups in total. The first kappa shape index (κ1) is 14.9. The van der Waals surface area contributed by atoms with Crippen molar-refractivity contribution in [2.45, 2.75) is 6.92 Å². The molecule has 1 aromatic rings. The number of aromatic carboxylic acids is 1. The molecule has 0 spiro atoms.